The largest absolute Gasteiger partial charge is 0.387 e. The van der Waals surface area contributed by atoms with Crippen LogP contribution in [0.4, 0.5) is 10.1 Å². The fourth-order valence-electron chi connectivity index (χ4n) is 2.18. The second-order valence-electron chi connectivity index (χ2n) is 4.49. The maximum absolute atomic E-state index is 12.9. The summed E-state index contributed by atoms with van der Waals surface area (Å²) < 4.78 is 12.9. The van der Waals surface area contributed by atoms with Crippen molar-refractivity contribution in [3.05, 3.63) is 53.6 Å². The van der Waals surface area contributed by atoms with Crippen molar-refractivity contribution >= 4 is 17.3 Å². The Balaban J connectivity index is 1.90. The summed E-state index contributed by atoms with van der Waals surface area (Å²) in [4.78, 5) is 18.0. The highest BCUT2D eigenvalue weighted by molar-refractivity contribution is 6.12. The maximum Gasteiger partial charge on any atom is 0.170 e. The molecule has 1 aromatic carbocycles. The fraction of sp³-hybridized carbons (Fsp3) is 0.143. The Morgan fingerprint density at radius 2 is 2.00 bits per heavy atom. The summed E-state index contributed by atoms with van der Waals surface area (Å²) in [6, 6.07) is 6.14. The molecule has 0 saturated carbocycles. The zero-order chi connectivity index (χ0) is 13.4. The van der Waals surface area contributed by atoms with Crippen LogP contribution in [0.25, 0.3) is 0 Å². The van der Waals surface area contributed by atoms with Gasteiger partial charge < -0.3 is 10.6 Å². The van der Waals surface area contributed by atoms with Crippen molar-refractivity contribution in [3.63, 3.8) is 0 Å². The topological polar surface area (TPSA) is 58.7 Å². The van der Waals surface area contributed by atoms with E-state index >= 15 is 0 Å². The molecule has 2 aliphatic rings. The summed E-state index contributed by atoms with van der Waals surface area (Å²) in [5.74, 6) is 0.0679. The maximum atomic E-state index is 12.9. The molecule has 2 aliphatic heterocycles. The van der Waals surface area contributed by atoms with Gasteiger partial charge >= 0.3 is 0 Å². The van der Waals surface area contributed by atoms with Crippen LogP contribution in [0.15, 0.2) is 52.8 Å². The number of allylic oxidation sites excluding steroid dienone is 1. The second kappa shape index (κ2) is 4.35. The lowest BCUT2D eigenvalue weighted by Crippen LogP contribution is -2.31. The number of anilines is 1. The summed E-state index contributed by atoms with van der Waals surface area (Å²) in [7, 11) is 0. The lowest BCUT2D eigenvalue weighted by Gasteiger charge is -2.27. The molecule has 0 aliphatic carbocycles. The van der Waals surface area contributed by atoms with Crippen molar-refractivity contribution in [2.75, 3.05) is 11.4 Å². The predicted octanol–water partition coefficient (Wildman–Crippen LogP) is 1.74. The SMILES string of the molecule is NC1=NC2=C(CN(c3ccc(F)cc3)C=C2)C(=O)C1. The Bertz CT molecular complexity index is 629. The Morgan fingerprint density at radius 3 is 2.74 bits per heavy atom. The smallest absolute Gasteiger partial charge is 0.170 e. The van der Waals surface area contributed by atoms with Gasteiger partial charge in [-0.1, -0.05) is 0 Å². The standard InChI is InChI=1S/C14H12FN3O/c15-9-1-3-10(4-2-9)18-6-5-12-11(8-18)13(19)7-14(16)17-12/h1-6H,7-8H2,(H2,16,17). The number of ketones is 1. The third-order valence-electron chi connectivity index (χ3n) is 3.15. The van der Waals surface area contributed by atoms with E-state index in [9.17, 15) is 9.18 Å². The molecule has 0 aromatic heterocycles. The molecule has 0 radical (unpaired) electrons. The van der Waals surface area contributed by atoms with Crippen LogP contribution in [-0.2, 0) is 4.79 Å². The van der Waals surface area contributed by atoms with Crippen LogP contribution in [0.5, 0.6) is 0 Å². The van der Waals surface area contributed by atoms with Gasteiger partial charge in [0.25, 0.3) is 0 Å². The van der Waals surface area contributed by atoms with Gasteiger partial charge in [0.1, 0.15) is 11.7 Å². The van der Waals surface area contributed by atoms with Gasteiger partial charge in [0.05, 0.1) is 18.7 Å². The van der Waals surface area contributed by atoms with E-state index < -0.39 is 0 Å². The van der Waals surface area contributed by atoms with Crippen molar-refractivity contribution in [1.29, 1.82) is 0 Å². The van der Waals surface area contributed by atoms with E-state index in [1.165, 1.54) is 12.1 Å². The number of nitrogens with two attached hydrogens (primary N) is 1. The highest BCUT2D eigenvalue weighted by Crippen LogP contribution is 2.26. The summed E-state index contributed by atoms with van der Waals surface area (Å²) in [5.41, 5.74) is 7.72. The molecule has 0 atom stereocenters. The Labute approximate surface area is 109 Å². The third kappa shape index (κ3) is 2.14. The number of hydrogen-bond donors (Lipinski definition) is 1. The monoisotopic (exact) mass is 257 g/mol. The summed E-state index contributed by atoms with van der Waals surface area (Å²) >= 11 is 0. The van der Waals surface area contributed by atoms with E-state index in [1.807, 2.05) is 11.1 Å². The summed E-state index contributed by atoms with van der Waals surface area (Å²) in [6.07, 6.45) is 3.75. The molecule has 2 heterocycles. The van der Waals surface area contributed by atoms with Crippen LogP contribution in [0.1, 0.15) is 6.42 Å². The van der Waals surface area contributed by atoms with Crippen LogP contribution in [0.3, 0.4) is 0 Å². The molecular formula is C14H12FN3O. The van der Waals surface area contributed by atoms with E-state index in [4.69, 9.17) is 5.73 Å². The van der Waals surface area contributed by atoms with E-state index in [1.54, 1.807) is 18.2 Å². The molecule has 96 valence electrons. The normalized spacial score (nSPS) is 18.5. The number of Topliss-reactive ketones (excluding diaryl/α,β-unsaturated/α-hetero) is 1. The van der Waals surface area contributed by atoms with Crippen LogP contribution < -0.4 is 10.6 Å². The molecular weight excluding hydrogens is 245 g/mol. The molecule has 1 aromatic rings. The Kier molecular flexibility index (Phi) is 2.67. The minimum absolute atomic E-state index is 0.000961. The van der Waals surface area contributed by atoms with Gasteiger partial charge in [-0.25, -0.2) is 9.38 Å². The average molecular weight is 257 g/mol. The van der Waals surface area contributed by atoms with Gasteiger partial charge in [-0.15, -0.1) is 0 Å². The molecule has 19 heavy (non-hydrogen) atoms. The molecule has 4 nitrogen and oxygen atoms in total. The van der Waals surface area contributed by atoms with E-state index in [0.29, 0.717) is 23.7 Å². The number of rotatable bonds is 1. The van der Waals surface area contributed by atoms with Gasteiger partial charge in [0.15, 0.2) is 5.78 Å². The highest BCUT2D eigenvalue weighted by atomic mass is 19.1. The van der Waals surface area contributed by atoms with Crippen LogP contribution in [0, 0.1) is 5.82 Å². The molecule has 0 fully saturated rings. The molecule has 0 unspecified atom stereocenters. The first-order valence-electron chi connectivity index (χ1n) is 5.93. The molecule has 5 heteroatoms. The van der Waals surface area contributed by atoms with Crippen molar-refractivity contribution in [3.8, 4) is 0 Å². The molecule has 0 saturated heterocycles. The number of hydrogen-bond acceptors (Lipinski definition) is 4. The molecule has 3 rings (SSSR count). The third-order valence-corrected chi connectivity index (χ3v) is 3.15. The molecule has 0 bridgehead atoms. The highest BCUT2D eigenvalue weighted by Gasteiger charge is 2.24. The van der Waals surface area contributed by atoms with E-state index in [0.717, 1.165) is 5.69 Å². The van der Waals surface area contributed by atoms with Gasteiger partial charge in [-0.05, 0) is 30.3 Å². The van der Waals surface area contributed by atoms with Gasteiger partial charge in [-0.2, -0.15) is 0 Å². The van der Waals surface area contributed by atoms with Crippen LogP contribution in [-0.4, -0.2) is 18.2 Å². The zero-order valence-corrected chi connectivity index (χ0v) is 10.1. The van der Waals surface area contributed by atoms with Gasteiger partial charge in [0.2, 0.25) is 0 Å². The number of nitrogens with zero attached hydrogens (tertiary/aromatic N) is 2. The van der Waals surface area contributed by atoms with Crippen molar-refractivity contribution in [1.82, 2.24) is 0 Å². The second-order valence-corrected chi connectivity index (χ2v) is 4.49. The first kappa shape index (κ1) is 11.6. The first-order chi connectivity index (χ1) is 9.13. The molecule has 2 N–H and O–H groups in total. The van der Waals surface area contributed by atoms with Crippen molar-refractivity contribution in [2.24, 2.45) is 10.7 Å². The molecule has 0 spiro atoms. The summed E-state index contributed by atoms with van der Waals surface area (Å²) in [5, 5.41) is 0. The minimum atomic E-state index is -0.282. The van der Waals surface area contributed by atoms with E-state index in [2.05, 4.69) is 4.99 Å². The quantitative estimate of drug-likeness (QED) is 0.833. The Morgan fingerprint density at radius 1 is 1.26 bits per heavy atom. The number of benzene rings is 1. The summed E-state index contributed by atoms with van der Waals surface area (Å²) in [6.45, 7) is 0.438. The fourth-order valence-corrected chi connectivity index (χ4v) is 2.18. The number of carbonyl (C=O) groups is 1. The average Bonchev–Trinajstić information content (AvgIpc) is 2.39. The Hall–Kier alpha value is -2.43. The number of amidine groups is 1. The van der Waals surface area contributed by atoms with E-state index in [-0.39, 0.29) is 18.0 Å². The van der Waals surface area contributed by atoms with Crippen LogP contribution >= 0.6 is 0 Å². The lowest BCUT2D eigenvalue weighted by atomic mass is 10.00. The first-order valence-corrected chi connectivity index (χ1v) is 5.93. The lowest BCUT2D eigenvalue weighted by molar-refractivity contribution is -0.114. The van der Waals surface area contributed by atoms with Crippen LogP contribution in [0.2, 0.25) is 0 Å². The van der Waals surface area contributed by atoms with Crippen molar-refractivity contribution in [2.45, 2.75) is 6.42 Å². The predicted molar refractivity (Wildman–Crippen MR) is 71.2 cm³/mol. The van der Waals surface area contributed by atoms with Gasteiger partial charge in [0, 0.05) is 17.5 Å². The number of aliphatic imine (C=N–C) groups is 1. The number of carbonyl (C=O) groups excluding carboxylic acids is 1. The van der Waals surface area contributed by atoms with Gasteiger partial charge in [-0.3, -0.25) is 4.79 Å². The number of halogens is 1. The zero-order valence-electron chi connectivity index (χ0n) is 10.1. The minimum Gasteiger partial charge on any atom is -0.387 e. The molecule has 0 amide bonds. The van der Waals surface area contributed by atoms with Crippen molar-refractivity contribution < 1.29 is 9.18 Å².